The molecular weight excluding hydrogens is 337 g/mol. The molecule has 2 rings (SSSR count). The second kappa shape index (κ2) is 8.54. The molecule has 0 aliphatic rings. The summed E-state index contributed by atoms with van der Waals surface area (Å²) in [6, 6.07) is 6.39. The van der Waals surface area contributed by atoms with Crippen molar-refractivity contribution in [3.8, 4) is 0 Å². The van der Waals surface area contributed by atoms with E-state index in [1.807, 2.05) is 12.3 Å². The van der Waals surface area contributed by atoms with Crippen LogP contribution in [0.3, 0.4) is 0 Å². The molecule has 1 heterocycles. The van der Waals surface area contributed by atoms with Crippen LogP contribution in [0.4, 0.5) is 4.39 Å². The van der Waals surface area contributed by atoms with Crippen LogP contribution in [0.2, 0.25) is 0 Å². The van der Waals surface area contributed by atoms with Crippen LogP contribution < -0.4 is 11.1 Å². The number of carbonyl (C=O) groups excluding carboxylic acids is 1. The van der Waals surface area contributed by atoms with Crippen molar-refractivity contribution in [2.45, 2.75) is 45.6 Å². The fraction of sp³-hybridized carbons (Fsp3) is 0.474. The Hall–Kier alpha value is -1.79. The number of halogens is 1. The third kappa shape index (κ3) is 6.21. The first-order valence-corrected chi connectivity index (χ1v) is 9.36. The molecule has 0 fully saturated rings. The Morgan fingerprint density at radius 3 is 2.64 bits per heavy atom. The summed E-state index contributed by atoms with van der Waals surface area (Å²) in [6.45, 7) is 6.61. The molecule has 0 radical (unpaired) electrons. The molecule has 1 aromatic heterocycles. The van der Waals surface area contributed by atoms with Crippen molar-refractivity contribution in [1.29, 1.82) is 0 Å². The highest BCUT2D eigenvalue weighted by Crippen LogP contribution is 2.18. The van der Waals surface area contributed by atoms with Gasteiger partial charge in [0.1, 0.15) is 5.82 Å². The molecule has 1 aromatic carbocycles. The Labute approximate surface area is 152 Å². The lowest BCUT2D eigenvalue weighted by Gasteiger charge is -2.31. The Morgan fingerprint density at radius 2 is 2.04 bits per heavy atom. The smallest absolute Gasteiger partial charge is 0.226 e. The number of carbonyl (C=O) groups is 1. The van der Waals surface area contributed by atoms with Gasteiger partial charge in [-0.1, -0.05) is 26.0 Å². The highest BCUT2D eigenvalue weighted by atomic mass is 32.1. The van der Waals surface area contributed by atoms with Gasteiger partial charge in [-0.05, 0) is 37.0 Å². The lowest BCUT2D eigenvalue weighted by molar-refractivity contribution is -0.122. The Kier molecular flexibility index (Phi) is 6.67. The van der Waals surface area contributed by atoms with E-state index in [0.717, 1.165) is 22.7 Å². The molecule has 1 atom stereocenters. The van der Waals surface area contributed by atoms with Crippen molar-refractivity contribution in [1.82, 2.24) is 10.3 Å². The van der Waals surface area contributed by atoms with E-state index in [4.69, 9.17) is 5.73 Å². The van der Waals surface area contributed by atoms with E-state index < -0.39 is 5.54 Å². The van der Waals surface area contributed by atoms with Crippen molar-refractivity contribution < 1.29 is 9.18 Å². The van der Waals surface area contributed by atoms with Gasteiger partial charge in [0.15, 0.2) is 0 Å². The van der Waals surface area contributed by atoms with Crippen molar-refractivity contribution in [2.24, 2.45) is 11.7 Å². The third-order valence-electron chi connectivity index (χ3n) is 3.96. The third-order valence-corrected chi connectivity index (χ3v) is 4.86. The van der Waals surface area contributed by atoms with Gasteiger partial charge in [0.25, 0.3) is 0 Å². The Balaban J connectivity index is 1.93. The van der Waals surface area contributed by atoms with Crippen LogP contribution in [0, 0.1) is 11.7 Å². The number of hydrogen-bond acceptors (Lipinski definition) is 4. The van der Waals surface area contributed by atoms with Gasteiger partial charge in [-0.25, -0.2) is 9.37 Å². The number of hydrogen-bond donors (Lipinski definition) is 2. The summed E-state index contributed by atoms with van der Waals surface area (Å²) in [7, 11) is 0. The van der Waals surface area contributed by atoms with E-state index in [0.29, 0.717) is 18.9 Å². The summed E-state index contributed by atoms with van der Waals surface area (Å²) < 4.78 is 13.0. The average Bonchev–Trinajstić information content (AvgIpc) is 2.95. The normalized spacial score (nSPS) is 13.7. The summed E-state index contributed by atoms with van der Waals surface area (Å²) in [5.74, 6) is 0.146. The first-order chi connectivity index (χ1) is 11.8. The molecule has 6 heteroatoms. The van der Waals surface area contributed by atoms with Crippen LogP contribution in [-0.4, -0.2) is 23.0 Å². The zero-order valence-corrected chi connectivity index (χ0v) is 15.8. The minimum atomic E-state index is -0.391. The highest BCUT2D eigenvalue weighted by Gasteiger charge is 2.26. The molecule has 4 nitrogen and oxygen atoms in total. The molecular formula is C19H26FN3OS. The topological polar surface area (TPSA) is 68.0 Å². The second-order valence-corrected chi connectivity index (χ2v) is 8.07. The van der Waals surface area contributed by atoms with Gasteiger partial charge in [-0.3, -0.25) is 4.79 Å². The number of thiazole rings is 1. The minimum absolute atomic E-state index is 0.0627. The quantitative estimate of drug-likeness (QED) is 0.756. The lowest BCUT2D eigenvalue weighted by Crippen LogP contribution is -2.52. The largest absolute Gasteiger partial charge is 0.349 e. The summed E-state index contributed by atoms with van der Waals surface area (Å²) in [5, 5.41) is 5.87. The SMILES string of the molecule is CC(C)CC(C)(CN)NC(=O)Cc1csc(Cc2ccc(F)cc2)n1. The van der Waals surface area contributed by atoms with Crippen LogP contribution in [0.1, 0.15) is 43.5 Å². The number of nitrogens with one attached hydrogen (secondary N) is 1. The molecule has 0 aliphatic carbocycles. The van der Waals surface area contributed by atoms with Crippen molar-refractivity contribution >= 4 is 17.2 Å². The highest BCUT2D eigenvalue weighted by molar-refractivity contribution is 7.09. The zero-order valence-electron chi connectivity index (χ0n) is 15.0. The molecule has 0 saturated carbocycles. The lowest BCUT2D eigenvalue weighted by atomic mass is 9.90. The maximum absolute atomic E-state index is 13.0. The van der Waals surface area contributed by atoms with Gasteiger partial charge in [0.05, 0.1) is 17.1 Å². The predicted molar refractivity (Wildman–Crippen MR) is 100 cm³/mol. The van der Waals surface area contributed by atoms with E-state index in [-0.39, 0.29) is 18.1 Å². The van der Waals surface area contributed by atoms with Crippen LogP contribution >= 0.6 is 11.3 Å². The summed E-state index contributed by atoms with van der Waals surface area (Å²) >= 11 is 1.52. The van der Waals surface area contributed by atoms with Crippen molar-refractivity contribution in [3.05, 3.63) is 51.7 Å². The minimum Gasteiger partial charge on any atom is -0.349 e. The van der Waals surface area contributed by atoms with Crippen LogP contribution in [-0.2, 0) is 17.6 Å². The number of amides is 1. The van der Waals surface area contributed by atoms with Crippen LogP contribution in [0.25, 0.3) is 0 Å². The average molecular weight is 364 g/mol. The molecule has 0 aliphatic heterocycles. The standard InChI is InChI=1S/C19H26FN3OS/c1-13(2)10-19(3,12-21)23-17(24)9-16-11-25-18(22-16)8-14-4-6-15(20)7-5-14/h4-7,11,13H,8-10,12,21H2,1-3H3,(H,23,24). The Morgan fingerprint density at radius 1 is 1.36 bits per heavy atom. The summed E-state index contributed by atoms with van der Waals surface area (Å²) in [5.41, 5.74) is 7.20. The van der Waals surface area contributed by atoms with Crippen LogP contribution in [0.5, 0.6) is 0 Å². The van der Waals surface area contributed by atoms with Gasteiger partial charge in [0, 0.05) is 23.9 Å². The molecule has 1 amide bonds. The molecule has 0 bridgehead atoms. The fourth-order valence-corrected chi connectivity index (χ4v) is 3.75. The number of nitrogens with two attached hydrogens (primary N) is 1. The van der Waals surface area contributed by atoms with E-state index in [1.54, 1.807) is 12.1 Å². The van der Waals surface area contributed by atoms with E-state index in [9.17, 15) is 9.18 Å². The monoisotopic (exact) mass is 363 g/mol. The van der Waals surface area contributed by atoms with Gasteiger partial charge >= 0.3 is 0 Å². The first-order valence-electron chi connectivity index (χ1n) is 8.48. The molecule has 0 spiro atoms. The predicted octanol–water partition coefficient (Wildman–Crippen LogP) is 3.30. The molecule has 136 valence electrons. The molecule has 0 saturated heterocycles. The molecule has 25 heavy (non-hydrogen) atoms. The fourth-order valence-electron chi connectivity index (χ4n) is 2.92. The second-order valence-electron chi connectivity index (χ2n) is 7.12. The molecule has 1 unspecified atom stereocenters. The number of benzene rings is 1. The summed E-state index contributed by atoms with van der Waals surface area (Å²) in [6.07, 6.45) is 1.72. The van der Waals surface area contributed by atoms with Crippen molar-refractivity contribution in [3.63, 3.8) is 0 Å². The van der Waals surface area contributed by atoms with E-state index >= 15 is 0 Å². The van der Waals surface area contributed by atoms with E-state index in [1.165, 1.54) is 23.5 Å². The van der Waals surface area contributed by atoms with Gasteiger partial charge in [-0.2, -0.15) is 0 Å². The van der Waals surface area contributed by atoms with Gasteiger partial charge < -0.3 is 11.1 Å². The van der Waals surface area contributed by atoms with E-state index in [2.05, 4.69) is 24.1 Å². The van der Waals surface area contributed by atoms with Crippen molar-refractivity contribution in [2.75, 3.05) is 6.54 Å². The van der Waals surface area contributed by atoms with Gasteiger partial charge in [0.2, 0.25) is 5.91 Å². The van der Waals surface area contributed by atoms with Gasteiger partial charge in [-0.15, -0.1) is 11.3 Å². The first kappa shape index (κ1) is 19.5. The molecule has 3 N–H and O–H groups in total. The number of aromatic nitrogens is 1. The van der Waals surface area contributed by atoms with Crippen LogP contribution in [0.15, 0.2) is 29.6 Å². The number of nitrogens with zero attached hydrogens (tertiary/aromatic N) is 1. The maximum Gasteiger partial charge on any atom is 0.226 e. The molecule has 2 aromatic rings. The maximum atomic E-state index is 13.0. The number of rotatable bonds is 8. The Bertz CT molecular complexity index is 699. The zero-order chi connectivity index (χ0) is 18.4. The summed E-state index contributed by atoms with van der Waals surface area (Å²) in [4.78, 5) is 16.8.